The highest BCUT2D eigenvalue weighted by molar-refractivity contribution is 7.10. The Hall–Kier alpha value is -1.95. The van der Waals surface area contributed by atoms with Crippen molar-refractivity contribution in [2.24, 2.45) is 0 Å². The highest BCUT2D eigenvalue weighted by Crippen LogP contribution is 2.30. The van der Waals surface area contributed by atoms with Gasteiger partial charge in [0.15, 0.2) is 0 Å². The molecule has 0 fully saturated rings. The number of aromatic nitrogens is 2. The minimum atomic E-state index is 0.390. The number of benzene rings is 1. The summed E-state index contributed by atoms with van der Waals surface area (Å²) in [5, 5.41) is 13.0. The Bertz CT molecular complexity index is 808. The molecule has 5 heteroatoms. The topological polar surface area (TPSA) is 44.0 Å². The highest BCUT2D eigenvalue weighted by atomic mass is 32.1. The van der Waals surface area contributed by atoms with Gasteiger partial charge in [0.1, 0.15) is 0 Å². The predicted octanol–water partition coefficient (Wildman–Crippen LogP) is 3.67. The van der Waals surface area contributed by atoms with E-state index in [0.29, 0.717) is 6.04 Å². The summed E-state index contributed by atoms with van der Waals surface area (Å²) in [7, 11) is 0. The number of fused-ring (bicyclic) bond motifs is 1. The number of nitrogens with zero attached hydrogens (tertiary/aromatic N) is 2. The summed E-state index contributed by atoms with van der Waals surface area (Å²) in [4.78, 5) is 4.17. The van der Waals surface area contributed by atoms with Crippen LogP contribution < -0.4 is 5.32 Å². The Morgan fingerprint density at radius 1 is 1.28 bits per heavy atom. The lowest BCUT2D eigenvalue weighted by atomic mass is 10.0. The standard InChI is InChI=1S/C20H24N4S/c1-15-18(12-22-23-15)11-21-13-19(16-5-3-2-4-6-16)24-9-7-20-17(14-24)8-10-25-20/h2-6,8,10,12,19,21H,7,9,11,13-14H2,1H3,(H,22,23). The first-order valence-electron chi connectivity index (χ1n) is 8.85. The van der Waals surface area contributed by atoms with E-state index in [1.54, 1.807) is 4.88 Å². The van der Waals surface area contributed by atoms with Crippen molar-refractivity contribution in [3.8, 4) is 0 Å². The normalized spacial score (nSPS) is 15.9. The Morgan fingerprint density at radius 2 is 2.16 bits per heavy atom. The van der Waals surface area contributed by atoms with E-state index in [-0.39, 0.29) is 0 Å². The van der Waals surface area contributed by atoms with Gasteiger partial charge in [0.2, 0.25) is 0 Å². The molecule has 3 heterocycles. The summed E-state index contributed by atoms with van der Waals surface area (Å²) < 4.78 is 0. The minimum absolute atomic E-state index is 0.390. The zero-order chi connectivity index (χ0) is 17.1. The number of thiophene rings is 1. The van der Waals surface area contributed by atoms with Crippen LogP contribution >= 0.6 is 11.3 Å². The van der Waals surface area contributed by atoms with Crippen LogP contribution in [0.15, 0.2) is 48.0 Å². The quantitative estimate of drug-likeness (QED) is 0.711. The maximum Gasteiger partial charge on any atom is 0.0535 e. The molecule has 1 aliphatic heterocycles. The Kier molecular flexibility index (Phi) is 4.97. The van der Waals surface area contributed by atoms with Gasteiger partial charge in [-0.25, -0.2) is 0 Å². The average Bonchev–Trinajstić information content (AvgIpc) is 3.27. The van der Waals surface area contributed by atoms with Crippen LogP contribution in [-0.2, 0) is 19.5 Å². The van der Waals surface area contributed by atoms with Crippen molar-refractivity contribution >= 4 is 11.3 Å². The summed E-state index contributed by atoms with van der Waals surface area (Å²) in [6.07, 6.45) is 3.08. The molecular formula is C20H24N4S. The third-order valence-electron chi connectivity index (χ3n) is 5.05. The van der Waals surface area contributed by atoms with E-state index in [0.717, 1.165) is 38.3 Å². The molecule has 2 N–H and O–H groups in total. The molecule has 25 heavy (non-hydrogen) atoms. The van der Waals surface area contributed by atoms with Crippen molar-refractivity contribution in [3.05, 3.63) is 75.2 Å². The highest BCUT2D eigenvalue weighted by Gasteiger charge is 2.25. The van der Waals surface area contributed by atoms with E-state index in [1.807, 2.05) is 17.5 Å². The van der Waals surface area contributed by atoms with Crippen molar-refractivity contribution in [1.82, 2.24) is 20.4 Å². The predicted molar refractivity (Wildman–Crippen MR) is 103 cm³/mol. The molecule has 4 rings (SSSR count). The third-order valence-corrected chi connectivity index (χ3v) is 6.07. The second-order valence-corrected chi connectivity index (χ2v) is 7.67. The third kappa shape index (κ3) is 3.68. The molecule has 0 amide bonds. The van der Waals surface area contributed by atoms with Crippen LogP contribution in [0.5, 0.6) is 0 Å². The van der Waals surface area contributed by atoms with Gasteiger partial charge in [0, 0.05) is 48.4 Å². The second kappa shape index (κ2) is 7.52. The lowest BCUT2D eigenvalue weighted by molar-refractivity contribution is 0.176. The number of nitrogens with one attached hydrogen (secondary N) is 2. The first-order chi connectivity index (χ1) is 12.3. The second-order valence-electron chi connectivity index (χ2n) is 6.67. The number of hydrogen-bond acceptors (Lipinski definition) is 4. The van der Waals surface area contributed by atoms with Gasteiger partial charge in [0.25, 0.3) is 0 Å². The van der Waals surface area contributed by atoms with Crippen LogP contribution in [0.4, 0.5) is 0 Å². The van der Waals surface area contributed by atoms with Crippen LogP contribution in [0, 0.1) is 6.92 Å². The average molecular weight is 353 g/mol. The molecule has 0 spiro atoms. The molecule has 1 unspecified atom stereocenters. The first kappa shape index (κ1) is 16.5. The fourth-order valence-electron chi connectivity index (χ4n) is 3.57. The molecule has 0 saturated heterocycles. The maximum absolute atomic E-state index is 4.11. The molecule has 1 aromatic carbocycles. The zero-order valence-electron chi connectivity index (χ0n) is 14.5. The van der Waals surface area contributed by atoms with Crippen LogP contribution in [-0.4, -0.2) is 28.2 Å². The van der Waals surface area contributed by atoms with Crippen LogP contribution in [0.1, 0.15) is 33.3 Å². The van der Waals surface area contributed by atoms with Gasteiger partial charge in [0.05, 0.1) is 6.20 Å². The van der Waals surface area contributed by atoms with Crippen molar-refractivity contribution in [2.75, 3.05) is 13.1 Å². The van der Waals surface area contributed by atoms with E-state index < -0.39 is 0 Å². The minimum Gasteiger partial charge on any atom is -0.311 e. The van der Waals surface area contributed by atoms with Gasteiger partial charge in [-0.15, -0.1) is 11.3 Å². The van der Waals surface area contributed by atoms with Gasteiger partial charge in [-0.1, -0.05) is 30.3 Å². The molecule has 130 valence electrons. The summed E-state index contributed by atoms with van der Waals surface area (Å²) in [5.41, 5.74) is 5.27. The van der Waals surface area contributed by atoms with Crippen molar-refractivity contribution in [2.45, 2.75) is 32.5 Å². The zero-order valence-corrected chi connectivity index (χ0v) is 15.4. The summed E-state index contributed by atoms with van der Waals surface area (Å²) in [6, 6.07) is 13.6. The maximum atomic E-state index is 4.11. The molecule has 4 nitrogen and oxygen atoms in total. The van der Waals surface area contributed by atoms with E-state index in [4.69, 9.17) is 0 Å². The largest absolute Gasteiger partial charge is 0.311 e. The fourth-order valence-corrected chi connectivity index (χ4v) is 4.46. The number of hydrogen-bond donors (Lipinski definition) is 2. The van der Waals surface area contributed by atoms with Crippen LogP contribution in [0.2, 0.25) is 0 Å². The van der Waals surface area contributed by atoms with Gasteiger partial charge < -0.3 is 5.32 Å². The fraction of sp³-hybridized carbons (Fsp3) is 0.350. The van der Waals surface area contributed by atoms with Crippen molar-refractivity contribution < 1.29 is 0 Å². The van der Waals surface area contributed by atoms with Gasteiger partial charge >= 0.3 is 0 Å². The number of aryl methyl sites for hydroxylation is 1. The van der Waals surface area contributed by atoms with Crippen LogP contribution in [0.3, 0.4) is 0 Å². The molecule has 0 saturated carbocycles. The van der Waals surface area contributed by atoms with E-state index in [9.17, 15) is 0 Å². The smallest absolute Gasteiger partial charge is 0.0535 e. The Labute approximate surface area is 152 Å². The lowest BCUT2D eigenvalue weighted by Gasteiger charge is -2.35. The monoisotopic (exact) mass is 352 g/mol. The van der Waals surface area contributed by atoms with E-state index >= 15 is 0 Å². The van der Waals surface area contributed by atoms with Gasteiger partial charge in [-0.3, -0.25) is 10.00 Å². The van der Waals surface area contributed by atoms with E-state index in [2.05, 4.69) is 69.1 Å². The molecule has 0 aliphatic carbocycles. The molecule has 1 atom stereocenters. The molecule has 0 bridgehead atoms. The summed E-state index contributed by atoms with van der Waals surface area (Å²) in [6.45, 7) is 6.03. The molecule has 1 aliphatic rings. The number of rotatable bonds is 6. The summed E-state index contributed by atoms with van der Waals surface area (Å²) in [5.74, 6) is 0. The molecular weight excluding hydrogens is 328 g/mol. The Balaban J connectivity index is 1.48. The lowest BCUT2D eigenvalue weighted by Crippen LogP contribution is -2.38. The van der Waals surface area contributed by atoms with Gasteiger partial charge in [-0.05, 0) is 35.9 Å². The van der Waals surface area contributed by atoms with E-state index in [1.165, 1.54) is 16.7 Å². The number of aromatic amines is 1. The van der Waals surface area contributed by atoms with Crippen molar-refractivity contribution in [3.63, 3.8) is 0 Å². The molecule has 2 aromatic heterocycles. The molecule has 3 aromatic rings. The Morgan fingerprint density at radius 3 is 2.96 bits per heavy atom. The number of H-pyrrole nitrogens is 1. The van der Waals surface area contributed by atoms with Crippen molar-refractivity contribution in [1.29, 1.82) is 0 Å². The molecule has 0 radical (unpaired) electrons. The van der Waals surface area contributed by atoms with Crippen LogP contribution in [0.25, 0.3) is 0 Å². The SMILES string of the molecule is Cc1[nH]ncc1CNCC(c1ccccc1)N1CCc2sccc2C1. The van der Waals surface area contributed by atoms with Gasteiger partial charge in [-0.2, -0.15) is 5.10 Å². The first-order valence-corrected chi connectivity index (χ1v) is 9.73. The summed E-state index contributed by atoms with van der Waals surface area (Å²) >= 11 is 1.90.